The molecule has 0 spiro atoms. The summed E-state index contributed by atoms with van der Waals surface area (Å²) in [7, 11) is -3.60. The Morgan fingerprint density at radius 2 is 1.54 bits per heavy atom. The summed E-state index contributed by atoms with van der Waals surface area (Å²) < 4.78 is 33.1. The van der Waals surface area contributed by atoms with E-state index in [1.807, 2.05) is 66.7 Å². The number of nitrogens with zero attached hydrogens (tertiary/aromatic N) is 2. The second-order valence-electron chi connectivity index (χ2n) is 10.6. The molecule has 0 saturated heterocycles. The molecule has 208 valence electrons. The monoisotopic (exact) mass is 564 g/mol. The number of benzene rings is 4. The van der Waals surface area contributed by atoms with Gasteiger partial charge in [0.05, 0.1) is 10.6 Å². The highest BCUT2D eigenvalue weighted by atomic mass is 32.2. The number of hydrogen-bond donors (Lipinski definition) is 0. The third-order valence-electron chi connectivity index (χ3n) is 7.95. The summed E-state index contributed by atoms with van der Waals surface area (Å²) in [5, 5.41) is 0. The molecule has 0 unspecified atom stereocenters. The van der Waals surface area contributed by atoms with E-state index in [0.29, 0.717) is 12.3 Å². The Hall–Kier alpha value is -4.23. The fourth-order valence-electron chi connectivity index (χ4n) is 5.74. The number of sulfone groups is 1. The maximum atomic E-state index is 14.8. The van der Waals surface area contributed by atoms with Crippen LogP contribution in [0.2, 0.25) is 0 Å². The Morgan fingerprint density at radius 1 is 0.878 bits per heavy atom. The van der Waals surface area contributed by atoms with Gasteiger partial charge in [-0.05, 0) is 47.4 Å². The molecule has 1 amide bonds. The van der Waals surface area contributed by atoms with Crippen molar-refractivity contribution < 1.29 is 17.9 Å². The second-order valence-corrected chi connectivity index (χ2v) is 12.7. The van der Waals surface area contributed by atoms with E-state index in [4.69, 9.17) is 9.73 Å². The molecule has 7 heteroatoms. The van der Waals surface area contributed by atoms with Crippen molar-refractivity contribution in [2.24, 2.45) is 4.99 Å². The lowest BCUT2D eigenvalue weighted by Crippen LogP contribution is -2.50. The van der Waals surface area contributed by atoms with Crippen LogP contribution >= 0.6 is 0 Å². The molecule has 2 atom stereocenters. The van der Waals surface area contributed by atoms with Gasteiger partial charge in [-0.15, -0.1) is 0 Å². The summed E-state index contributed by atoms with van der Waals surface area (Å²) in [5.74, 6) is 0.00846. The summed E-state index contributed by atoms with van der Waals surface area (Å²) in [5.41, 5.74) is 3.47. The van der Waals surface area contributed by atoms with Gasteiger partial charge in [0.15, 0.2) is 21.5 Å². The topological polar surface area (TPSA) is 76.0 Å². The van der Waals surface area contributed by atoms with E-state index in [1.165, 1.54) is 0 Å². The maximum absolute atomic E-state index is 14.8. The van der Waals surface area contributed by atoms with Gasteiger partial charge in [0.2, 0.25) is 5.90 Å². The third kappa shape index (κ3) is 5.18. The fourth-order valence-corrected chi connectivity index (χ4v) is 7.01. The zero-order valence-electron chi connectivity index (χ0n) is 22.9. The van der Waals surface area contributed by atoms with E-state index in [0.717, 1.165) is 34.2 Å². The van der Waals surface area contributed by atoms with Crippen molar-refractivity contribution in [1.29, 1.82) is 0 Å². The number of ether oxygens (including phenoxy) is 1. The van der Waals surface area contributed by atoms with Crippen LogP contribution in [0.4, 0.5) is 0 Å². The van der Waals surface area contributed by atoms with Crippen LogP contribution in [0.1, 0.15) is 40.8 Å². The third-order valence-corrected chi connectivity index (χ3v) is 9.66. The fraction of sp³-hybridized carbons (Fsp3) is 0.235. The van der Waals surface area contributed by atoms with Crippen molar-refractivity contribution in [2.75, 3.05) is 12.3 Å². The van der Waals surface area contributed by atoms with Gasteiger partial charge in [0, 0.05) is 30.6 Å². The standard InChI is InChI=1S/C34H32N2O4S/c1-2-25-18-19-28-24-36(20-21-41(38,39)29-16-10-5-11-17-29)33(37)34(23-26-12-6-3-7-13-26)31(30(28)22-25)40-32(35-34)27-14-8-4-9-15-27/h3-19,22,31H,2,20-21,23-24H2,1H3/t31-,34-/m0/s1. The van der Waals surface area contributed by atoms with Crippen LogP contribution in [-0.4, -0.2) is 43.0 Å². The van der Waals surface area contributed by atoms with E-state index >= 15 is 0 Å². The zero-order valence-corrected chi connectivity index (χ0v) is 23.8. The maximum Gasteiger partial charge on any atom is 0.255 e. The van der Waals surface area contributed by atoms with E-state index in [1.54, 1.807) is 35.2 Å². The predicted molar refractivity (Wildman–Crippen MR) is 159 cm³/mol. The first kappa shape index (κ1) is 27.0. The molecule has 0 N–H and O–H groups in total. The van der Waals surface area contributed by atoms with Gasteiger partial charge in [0.1, 0.15) is 0 Å². The summed E-state index contributed by atoms with van der Waals surface area (Å²) >= 11 is 0. The average Bonchev–Trinajstić information content (AvgIpc) is 3.36. The van der Waals surface area contributed by atoms with Crippen molar-refractivity contribution >= 4 is 21.6 Å². The number of carbonyl (C=O) groups is 1. The van der Waals surface area contributed by atoms with Gasteiger partial charge in [-0.3, -0.25) is 4.79 Å². The van der Waals surface area contributed by atoms with Gasteiger partial charge >= 0.3 is 0 Å². The number of fused-ring (bicyclic) bond motifs is 3. The number of hydrogen-bond acceptors (Lipinski definition) is 5. The van der Waals surface area contributed by atoms with Crippen LogP contribution in [0.3, 0.4) is 0 Å². The summed E-state index contributed by atoms with van der Waals surface area (Å²) in [6.45, 7) is 2.43. The lowest BCUT2D eigenvalue weighted by atomic mass is 9.81. The molecule has 0 saturated carbocycles. The predicted octanol–water partition coefficient (Wildman–Crippen LogP) is 5.56. The van der Waals surface area contributed by atoms with Crippen LogP contribution in [0.25, 0.3) is 0 Å². The summed E-state index contributed by atoms with van der Waals surface area (Å²) in [4.78, 5) is 21.8. The van der Waals surface area contributed by atoms with Crippen LogP contribution in [0, 0.1) is 0 Å². The molecular weight excluding hydrogens is 532 g/mol. The molecule has 0 bridgehead atoms. The summed E-state index contributed by atoms with van der Waals surface area (Å²) in [6, 6.07) is 34.1. The number of aryl methyl sites for hydroxylation is 1. The second kappa shape index (κ2) is 11.0. The van der Waals surface area contributed by atoms with Crippen LogP contribution in [0.15, 0.2) is 119 Å². The van der Waals surface area contributed by atoms with Gasteiger partial charge in [0.25, 0.3) is 5.91 Å². The number of amides is 1. The molecule has 0 aliphatic carbocycles. The molecular formula is C34H32N2O4S. The SMILES string of the molecule is CCc1ccc2c(c1)[C@@H]1OC(c3ccccc3)=N[C@]1(Cc1ccccc1)C(=O)N(CCS(=O)(=O)c1ccccc1)C2. The Morgan fingerprint density at radius 3 is 2.22 bits per heavy atom. The lowest BCUT2D eigenvalue weighted by molar-refractivity contribution is -0.139. The summed E-state index contributed by atoms with van der Waals surface area (Å²) in [6.07, 6.45) is 0.513. The number of carbonyl (C=O) groups excluding carboxylic acids is 1. The highest BCUT2D eigenvalue weighted by molar-refractivity contribution is 7.91. The minimum atomic E-state index is -3.60. The first-order valence-corrected chi connectivity index (χ1v) is 15.6. The Bertz CT molecular complexity index is 1690. The Balaban J connectivity index is 1.47. The Labute approximate surface area is 241 Å². The van der Waals surface area contributed by atoms with Crippen molar-refractivity contribution in [1.82, 2.24) is 4.90 Å². The van der Waals surface area contributed by atoms with Crippen molar-refractivity contribution in [2.45, 2.75) is 42.8 Å². The first-order chi connectivity index (χ1) is 19.9. The van der Waals surface area contributed by atoms with Gasteiger partial charge in [-0.25, -0.2) is 13.4 Å². The normalized spacial score (nSPS) is 20.0. The molecule has 2 aliphatic heterocycles. The molecule has 6 rings (SSSR count). The molecule has 4 aromatic carbocycles. The molecule has 0 radical (unpaired) electrons. The van der Waals surface area contributed by atoms with E-state index < -0.39 is 21.5 Å². The van der Waals surface area contributed by atoms with Crippen molar-refractivity contribution in [3.8, 4) is 0 Å². The number of aliphatic imine (C=N–C) groups is 1. The molecule has 6 nitrogen and oxygen atoms in total. The molecule has 4 aromatic rings. The smallest absolute Gasteiger partial charge is 0.255 e. The van der Waals surface area contributed by atoms with Gasteiger partial charge in [-0.2, -0.15) is 0 Å². The van der Waals surface area contributed by atoms with Crippen LogP contribution in [-0.2, 0) is 38.8 Å². The lowest BCUT2D eigenvalue weighted by Gasteiger charge is -2.32. The van der Waals surface area contributed by atoms with Crippen molar-refractivity contribution in [3.63, 3.8) is 0 Å². The molecule has 41 heavy (non-hydrogen) atoms. The quantitative estimate of drug-likeness (QED) is 0.281. The molecule has 2 heterocycles. The zero-order chi connectivity index (χ0) is 28.5. The van der Waals surface area contributed by atoms with E-state index in [9.17, 15) is 13.2 Å². The molecule has 2 aliphatic rings. The molecule has 0 aromatic heterocycles. The first-order valence-electron chi connectivity index (χ1n) is 13.9. The van der Waals surface area contributed by atoms with Gasteiger partial charge < -0.3 is 9.64 Å². The van der Waals surface area contributed by atoms with E-state index in [2.05, 4.69) is 19.1 Å². The largest absolute Gasteiger partial charge is 0.466 e. The minimum absolute atomic E-state index is 0.0461. The van der Waals surface area contributed by atoms with Crippen LogP contribution < -0.4 is 0 Å². The number of rotatable bonds is 8. The van der Waals surface area contributed by atoms with Gasteiger partial charge in [-0.1, -0.05) is 91.9 Å². The highest BCUT2D eigenvalue weighted by Gasteiger charge is 2.56. The van der Waals surface area contributed by atoms with Crippen LogP contribution in [0.5, 0.6) is 0 Å². The Kier molecular flexibility index (Phi) is 7.22. The highest BCUT2D eigenvalue weighted by Crippen LogP contribution is 2.47. The molecule has 0 fully saturated rings. The minimum Gasteiger partial charge on any atom is -0.466 e. The van der Waals surface area contributed by atoms with Crippen molar-refractivity contribution in [3.05, 3.63) is 137 Å². The average molecular weight is 565 g/mol. The van der Waals surface area contributed by atoms with E-state index in [-0.39, 0.29) is 29.6 Å².